The Morgan fingerprint density at radius 1 is 1.50 bits per heavy atom. The molecule has 3 N–H and O–H groups in total. The summed E-state index contributed by atoms with van der Waals surface area (Å²) < 4.78 is 0. The van der Waals surface area contributed by atoms with Gasteiger partial charge < -0.3 is 10.5 Å². The van der Waals surface area contributed by atoms with Gasteiger partial charge in [0, 0.05) is 0 Å². The minimum absolute atomic E-state index is 0.0158. The van der Waals surface area contributed by atoms with Gasteiger partial charge in [0.2, 0.25) is 0 Å². The minimum atomic E-state index is -0.0158. The molecule has 3 nitrogen and oxygen atoms in total. The third kappa shape index (κ3) is 1.02. The van der Waals surface area contributed by atoms with E-state index < -0.39 is 0 Å². The van der Waals surface area contributed by atoms with Gasteiger partial charge in [-0.15, -0.1) is 0 Å². The third-order valence-corrected chi connectivity index (χ3v) is 2.07. The highest BCUT2D eigenvalue weighted by atomic mass is 16.3. The van der Waals surface area contributed by atoms with E-state index in [0.717, 1.165) is 5.70 Å². The first-order valence-corrected chi connectivity index (χ1v) is 3.42. The molecule has 0 saturated carbocycles. The summed E-state index contributed by atoms with van der Waals surface area (Å²) in [7, 11) is 0. The summed E-state index contributed by atoms with van der Waals surface area (Å²) in [6, 6.07) is 0. The lowest BCUT2D eigenvalue weighted by Gasteiger charge is -2.18. The minimum Gasteiger partial charge on any atom is -0.390 e. The lowest BCUT2D eigenvalue weighted by molar-refractivity contribution is 0.319. The van der Waals surface area contributed by atoms with Crippen LogP contribution in [0.1, 0.15) is 20.8 Å². The Morgan fingerprint density at radius 2 is 2.10 bits per heavy atom. The number of nitrogens with one attached hydrogen (secondary N) is 2. The SMILES string of the molecule is CC1=C(CO)NNC1(C)C. The van der Waals surface area contributed by atoms with E-state index in [4.69, 9.17) is 5.11 Å². The van der Waals surface area contributed by atoms with Gasteiger partial charge in [0.15, 0.2) is 0 Å². The van der Waals surface area contributed by atoms with Crippen molar-refractivity contribution in [3.05, 3.63) is 11.3 Å². The average molecular weight is 142 g/mol. The maximum Gasteiger partial charge on any atom is 0.0841 e. The van der Waals surface area contributed by atoms with Crippen LogP contribution in [0, 0.1) is 0 Å². The number of rotatable bonds is 1. The average Bonchev–Trinajstić information content (AvgIpc) is 2.10. The molecule has 1 rings (SSSR count). The second-order valence-corrected chi connectivity index (χ2v) is 3.14. The normalized spacial score (nSPS) is 23.2. The molecule has 1 aliphatic rings. The first-order valence-electron chi connectivity index (χ1n) is 3.42. The molecule has 0 aromatic rings. The van der Waals surface area contributed by atoms with E-state index in [2.05, 4.69) is 24.7 Å². The Balaban J connectivity index is 2.84. The fourth-order valence-electron chi connectivity index (χ4n) is 0.955. The summed E-state index contributed by atoms with van der Waals surface area (Å²) >= 11 is 0. The zero-order chi connectivity index (χ0) is 7.78. The summed E-state index contributed by atoms with van der Waals surface area (Å²) in [5.41, 5.74) is 8.04. The zero-order valence-electron chi connectivity index (χ0n) is 6.65. The first-order chi connectivity index (χ1) is 4.58. The molecule has 0 amide bonds. The summed E-state index contributed by atoms with van der Waals surface area (Å²) in [5, 5.41) is 8.81. The second kappa shape index (κ2) is 2.25. The topological polar surface area (TPSA) is 44.3 Å². The van der Waals surface area contributed by atoms with Crippen molar-refractivity contribution in [3.63, 3.8) is 0 Å². The van der Waals surface area contributed by atoms with E-state index in [1.54, 1.807) is 0 Å². The van der Waals surface area contributed by atoms with Crippen LogP contribution in [0.2, 0.25) is 0 Å². The highest BCUT2D eigenvalue weighted by Crippen LogP contribution is 2.21. The molecule has 0 radical (unpaired) electrons. The highest BCUT2D eigenvalue weighted by Gasteiger charge is 2.27. The lowest BCUT2D eigenvalue weighted by Crippen LogP contribution is -2.40. The molecule has 0 atom stereocenters. The summed E-state index contributed by atoms with van der Waals surface area (Å²) in [4.78, 5) is 0. The van der Waals surface area contributed by atoms with E-state index in [1.807, 2.05) is 6.92 Å². The molecule has 0 aromatic carbocycles. The van der Waals surface area contributed by atoms with E-state index >= 15 is 0 Å². The third-order valence-electron chi connectivity index (χ3n) is 2.07. The number of aliphatic hydroxyl groups excluding tert-OH is 1. The van der Waals surface area contributed by atoms with E-state index in [1.165, 1.54) is 5.57 Å². The van der Waals surface area contributed by atoms with Gasteiger partial charge in [-0.1, -0.05) is 0 Å². The van der Waals surface area contributed by atoms with Crippen molar-refractivity contribution in [2.75, 3.05) is 6.61 Å². The molecular formula is C7H14N2O. The van der Waals surface area contributed by atoms with Crippen molar-refractivity contribution in [2.45, 2.75) is 26.3 Å². The fraction of sp³-hybridized carbons (Fsp3) is 0.714. The fourth-order valence-corrected chi connectivity index (χ4v) is 0.955. The van der Waals surface area contributed by atoms with Crippen molar-refractivity contribution in [1.82, 2.24) is 10.9 Å². The Hall–Kier alpha value is -0.540. The maximum absolute atomic E-state index is 8.81. The van der Waals surface area contributed by atoms with Gasteiger partial charge in [0.25, 0.3) is 0 Å². The molecular weight excluding hydrogens is 128 g/mol. The van der Waals surface area contributed by atoms with Crippen molar-refractivity contribution >= 4 is 0 Å². The molecule has 0 aliphatic carbocycles. The molecule has 1 heterocycles. The van der Waals surface area contributed by atoms with E-state index in [0.29, 0.717) is 0 Å². The number of hydrazine groups is 1. The molecule has 3 heteroatoms. The van der Waals surface area contributed by atoms with Gasteiger partial charge in [-0.2, -0.15) is 0 Å². The Morgan fingerprint density at radius 3 is 2.30 bits per heavy atom. The second-order valence-electron chi connectivity index (χ2n) is 3.14. The van der Waals surface area contributed by atoms with Crippen molar-refractivity contribution in [1.29, 1.82) is 0 Å². The van der Waals surface area contributed by atoms with Crippen LogP contribution in [-0.2, 0) is 0 Å². The van der Waals surface area contributed by atoms with Gasteiger partial charge in [-0.05, 0) is 26.3 Å². The summed E-state index contributed by atoms with van der Waals surface area (Å²) in [6.45, 7) is 6.23. The standard InChI is InChI=1S/C7H14N2O/c1-5-6(4-10)8-9-7(5,2)3/h8-10H,4H2,1-3H3. The van der Waals surface area contributed by atoms with Gasteiger partial charge in [0.05, 0.1) is 17.8 Å². The molecule has 0 spiro atoms. The smallest absolute Gasteiger partial charge is 0.0841 e. The quantitative estimate of drug-likeness (QED) is 0.488. The molecule has 1 aliphatic heterocycles. The van der Waals surface area contributed by atoms with Crippen LogP contribution in [0.3, 0.4) is 0 Å². The van der Waals surface area contributed by atoms with Crippen LogP contribution in [-0.4, -0.2) is 17.3 Å². The Labute approximate surface area is 61.1 Å². The van der Waals surface area contributed by atoms with E-state index in [-0.39, 0.29) is 12.1 Å². The molecule has 10 heavy (non-hydrogen) atoms. The number of hydrogen-bond donors (Lipinski definition) is 3. The highest BCUT2D eigenvalue weighted by molar-refractivity contribution is 5.26. The van der Waals surface area contributed by atoms with Crippen molar-refractivity contribution < 1.29 is 5.11 Å². The van der Waals surface area contributed by atoms with Crippen LogP contribution in [0.5, 0.6) is 0 Å². The van der Waals surface area contributed by atoms with Crippen LogP contribution in [0.4, 0.5) is 0 Å². The first kappa shape index (κ1) is 7.57. The van der Waals surface area contributed by atoms with Crippen LogP contribution >= 0.6 is 0 Å². The molecule has 0 bridgehead atoms. The Kier molecular flexibility index (Phi) is 1.70. The zero-order valence-corrected chi connectivity index (χ0v) is 6.65. The van der Waals surface area contributed by atoms with Crippen LogP contribution in [0.25, 0.3) is 0 Å². The monoisotopic (exact) mass is 142 g/mol. The largest absolute Gasteiger partial charge is 0.390 e. The summed E-state index contributed by atoms with van der Waals surface area (Å²) in [5.74, 6) is 0. The van der Waals surface area contributed by atoms with E-state index in [9.17, 15) is 0 Å². The lowest BCUT2D eigenvalue weighted by atomic mass is 9.97. The molecule has 0 saturated heterocycles. The van der Waals surface area contributed by atoms with Crippen LogP contribution in [0.15, 0.2) is 11.3 Å². The maximum atomic E-state index is 8.81. The van der Waals surface area contributed by atoms with Gasteiger partial charge in [0.1, 0.15) is 0 Å². The predicted molar refractivity (Wildman–Crippen MR) is 40.1 cm³/mol. The molecule has 0 aromatic heterocycles. The molecule has 58 valence electrons. The number of aliphatic hydroxyl groups is 1. The molecule has 0 fully saturated rings. The molecule has 0 unspecified atom stereocenters. The predicted octanol–water partition coefficient (Wildman–Crippen LogP) is 0.139. The van der Waals surface area contributed by atoms with Gasteiger partial charge >= 0.3 is 0 Å². The Bertz CT molecular complexity index is 172. The van der Waals surface area contributed by atoms with Crippen LogP contribution < -0.4 is 10.9 Å². The van der Waals surface area contributed by atoms with Gasteiger partial charge in [-0.25, -0.2) is 5.43 Å². The van der Waals surface area contributed by atoms with Gasteiger partial charge in [-0.3, -0.25) is 0 Å². The number of hydrogen-bond acceptors (Lipinski definition) is 3. The van der Waals surface area contributed by atoms with Crippen molar-refractivity contribution in [2.24, 2.45) is 0 Å². The van der Waals surface area contributed by atoms with Crippen molar-refractivity contribution in [3.8, 4) is 0 Å². The summed E-state index contributed by atoms with van der Waals surface area (Å²) in [6.07, 6.45) is 0.